The zero-order valence-corrected chi connectivity index (χ0v) is 10.0. The van der Waals surface area contributed by atoms with Crippen molar-refractivity contribution < 1.29 is 9.90 Å². The van der Waals surface area contributed by atoms with Crippen molar-refractivity contribution >= 4 is 23.5 Å². The minimum atomic E-state index is -0.849. The van der Waals surface area contributed by atoms with Crippen LogP contribution in [0.1, 0.15) is 17.1 Å². The molecule has 0 saturated heterocycles. The quantitative estimate of drug-likeness (QED) is 0.850. The van der Waals surface area contributed by atoms with Crippen LogP contribution < -0.4 is 4.90 Å². The van der Waals surface area contributed by atoms with Gasteiger partial charge in [0.05, 0.1) is 5.69 Å². The average molecular weight is 239 g/mol. The van der Waals surface area contributed by atoms with Gasteiger partial charge in [-0.1, -0.05) is 0 Å². The van der Waals surface area contributed by atoms with Gasteiger partial charge in [0.1, 0.15) is 18.2 Å². The molecule has 0 amide bonds. The van der Waals surface area contributed by atoms with Crippen LogP contribution in [0.15, 0.2) is 0 Å². The van der Waals surface area contributed by atoms with E-state index in [0.29, 0.717) is 5.82 Å². The molecule has 0 unspecified atom stereocenters. The Labute approximate surface area is 97.9 Å². The molecule has 16 heavy (non-hydrogen) atoms. The van der Waals surface area contributed by atoms with Gasteiger partial charge in [-0.3, -0.25) is 4.79 Å². The highest BCUT2D eigenvalue weighted by Crippen LogP contribution is 2.33. The molecule has 0 aliphatic carbocycles. The molecule has 1 aromatic heterocycles. The number of anilines is 1. The predicted octanol–water partition coefficient (Wildman–Crippen LogP) is 1.05. The first kappa shape index (κ1) is 11.2. The molecule has 0 atom stereocenters. The zero-order valence-electron chi connectivity index (χ0n) is 9.23. The summed E-state index contributed by atoms with van der Waals surface area (Å²) >= 11 is 1.79. The van der Waals surface area contributed by atoms with Crippen molar-refractivity contribution in [1.82, 2.24) is 9.97 Å². The molecule has 1 aromatic rings. The fourth-order valence-electron chi connectivity index (χ4n) is 1.75. The number of aliphatic carboxylic acids is 1. The van der Waals surface area contributed by atoms with Crippen molar-refractivity contribution in [3.8, 4) is 0 Å². The Morgan fingerprint density at radius 2 is 2.25 bits per heavy atom. The lowest BCUT2D eigenvalue weighted by Crippen LogP contribution is -2.27. The number of carboxylic acids is 1. The number of aromatic nitrogens is 2. The van der Waals surface area contributed by atoms with Crippen LogP contribution in [0, 0.1) is 6.92 Å². The molecule has 2 heterocycles. The van der Waals surface area contributed by atoms with E-state index in [1.807, 2.05) is 6.92 Å². The van der Waals surface area contributed by atoms with Gasteiger partial charge >= 0.3 is 5.97 Å². The minimum absolute atomic E-state index is 0.0342. The number of aryl methyl sites for hydroxylation is 1. The Morgan fingerprint density at radius 1 is 1.50 bits per heavy atom. The summed E-state index contributed by atoms with van der Waals surface area (Å²) in [6.45, 7) is 1.80. The molecule has 2 rings (SSSR count). The third-order valence-electron chi connectivity index (χ3n) is 2.40. The standard InChI is InChI=1S/C10H13N3O2S/c1-6-11-8-5-16-4-7(8)10(12-6)13(2)3-9(14)15/h3-5H2,1-2H3,(H,14,15). The smallest absolute Gasteiger partial charge is 0.323 e. The van der Waals surface area contributed by atoms with Gasteiger partial charge in [-0.2, -0.15) is 11.8 Å². The summed E-state index contributed by atoms with van der Waals surface area (Å²) in [7, 11) is 1.75. The molecule has 1 N–H and O–H groups in total. The topological polar surface area (TPSA) is 66.3 Å². The number of carbonyl (C=O) groups is 1. The number of thioether (sulfide) groups is 1. The number of fused-ring (bicyclic) bond motifs is 1. The first-order chi connectivity index (χ1) is 7.58. The maximum atomic E-state index is 10.7. The molecule has 0 spiro atoms. The molecule has 6 heteroatoms. The SMILES string of the molecule is Cc1nc2c(c(N(C)CC(=O)O)n1)CSC2. The van der Waals surface area contributed by atoms with Crippen molar-refractivity contribution in [3.63, 3.8) is 0 Å². The summed E-state index contributed by atoms with van der Waals surface area (Å²) in [6.07, 6.45) is 0. The van der Waals surface area contributed by atoms with E-state index in [1.54, 1.807) is 23.7 Å². The Kier molecular flexibility index (Phi) is 3.00. The fourth-order valence-corrected chi connectivity index (χ4v) is 2.78. The zero-order chi connectivity index (χ0) is 11.7. The summed E-state index contributed by atoms with van der Waals surface area (Å²) in [4.78, 5) is 21.1. The number of carboxylic acid groups (broad SMARTS) is 1. The van der Waals surface area contributed by atoms with Crippen LogP contribution in [0.25, 0.3) is 0 Å². The van der Waals surface area contributed by atoms with E-state index in [-0.39, 0.29) is 6.54 Å². The lowest BCUT2D eigenvalue weighted by atomic mass is 10.2. The summed E-state index contributed by atoms with van der Waals surface area (Å²) in [6, 6.07) is 0. The molecule has 0 saturated carbocycles. The predicted molar refractivity (Wildman–Crippen MR) is 62.7 cm³/mol. The van der Waals surface area contributed by atoms with Gasteiger partial charge in [0.25, 0.3) is 0 Å². The van der Waals surface area contributed by atoms with Gasteiger partial charge in [-0.25, -0.2) is 9.97 Å². The highest BCUT2D eigenvalue weighted by molar-refractivity contribution is 7.98. The Bertz CT molecular complexity index is 436. The van der Waals surface area contributed by atoms with Crippen LogP contribution in [0.2, 0.25) is 0 Å². The molecule has 0 fully saturated rings. The fraction of sp³-hybridized carbons (Fsp3) is 0.500. The second-order valence-electron chi connectivity index (χ2n) is 3.76. The van der Waals surface area contributed by atoms with Crippen molar-refractivity contribution in [1.29, 1.82) is 0 Å². The van der Waals surface area contributed by atoms with Crippen molar-refractivity contribution in [3.05, 3.63) is 17.1 Å². The maximum Gasteiger partial charge on any atom is 0.323 e. The van der Waals surface area contributed by atoms with E-state index in [1.165, 1.54) is 0 Å². The second kappa shape index (κ2) is 4.29. The van der Waals surface area contributed by atoms with Crippen LogP contribution in [0.4, 0.5) is 5.82 Å². The van der Waals surface area contributed by atoms with Crippen LogP contribution in [0.3, 0.4) is 0 Å². The van der Waals surface area contributed by atoms with Gasteiger partial charge in [0, 0.05) is 24.1 Å². The van der Waals surface area contributed by atoms with Crippen LogP contribution in [-0.2, 0) is 16.3 Å². The monoisotopic (exact) mass is 239 g/mol. The lowest BCUT2D eigenvalue weighted by molar-refractivity contribution is -0.135. The van der Waals surface area contributed by atoms with Crippen LogP contribution in [-0.4, -0.2) is 34.6 Å². The molecule has 1 aliphatic heterocycles. The van der Waals surface area contributed by atoms with Gasteiger partial charge in [-0.05, 0) is 6.92 Å². The number of nitrogens with zero attached hydrogens (tertiary/aromatic N) is 3. The molecule has 86 valence electrons. The Balaban J connectivity index is 2.36. The summed E-state index contributed by atoms with van der Waals surface area (Å²) in [5.41, 5.74) is 2.13. The number of hydrogen-bond donors (Lipinski definition) is 1. The molecule has 0 aromatic carbocycles. The largest absolute Gasteiger partial charge is 0.480 e. The first-order valence-corrected chi connectivity index (χ1v) is 6.10. The molecule has 1 aliphatic rings. The van der Waals surface area contributed by atoms with Crippen LogP contribution in [0.5, 0.6) is 0 Å². The molecule has 0 bridgehead atoms. The van der Waals surface area contributed by atoms with E-state index in [9.17, 15) is 4.79 Å². The van der Waals surface area contributed by atoms with Crippen molar-refractivity contribution in [2.45, 2.75) is 18.4 Å². The first-order valence-electron chi connectivity index (χ1n) is 4.95. The highest BCUT2D eigenvalue weighted by atomic mass is 32.2. The summed E-state index contributed by atoms with van der Waals surface area (Å²) in [5.74, 6) is 2.38. The van der Waals surface area contributed by atoms with Gasteiger partial charge in [0.2, 0.25) is 0 Å². The molecular formula is C10H13N3O2S. The van der Waals surface area contributed by atoms with E-state index in [2.05, 4.69) is 9.97 Å². The Morgan fingerprint density at radius 3 is 2.94 bits per heavy atom. The van der Waals surface area contributed by atoms with E-state index < -0.39 is 5.97 Å². The van der Waals surface area contributed by atoms with Gasteiger partial charge < -0.3 is 10.0 Å². The molecule has 5 nitrogen and oxygen atoms in total. The lowest BCUT2D eigenvalue weighted by Gasteiger charge is -2.18. The molecule has 0 radical (unpaired) electrons. The maximum absolute atomic E-state index is 10.7. The number of hydrogen-bond acceptors (Lipinski definition) is 5. The number of rotatable bonds is 3. The summed E-state index contributed by atoms with van der Waals surface area (Å²) in [5, 5.41) is 8.77. The average Bonchev–Trinajstić information content (AvgIpc) is 2.62. The number of likely N-dealkylation sites (N-methyl/N-ethyl adjacent to an activating group) is 1. The van der Waals surface area contributed by atoms with E-state index in [4.69, 9.17) is 5.11 Å². The van der Waals surface area contributed by atoms with Crippen molar-refractivity contribution in [2.75, 3.05) is 18.5 Å². The van der Waals surface area contributed by atoms with E-state index >= 15 is 0 Å². The van der Waals surface area contributed by atoms with Crippen molar-refractivity contribution in [2.24, 2.45) is 0 Å². The van der Waals surface area contributed by atoms with Gasteiger partial charge in [-0.15, -0.1) is 0 Å². The van der Waals surface area contributed by atoms with Gasteiger partial charge in [0.15, 0.2) is 0 Å². The third kappa shape index (κ3) is 2.11. The summed E-state index contributed by atoms with van der Waals surface area (Å²) < 4.78 is 0. The normalized spacial score (nSPS) is 13.6. The van der Waals surface area contributed by atoms with Crippen LogP contribution >= 0.6 is 11.8 Å². The third-order valence-corrected chi connectivity index (χ3v) is 3.37. The second-order valence-corrected chi connectivity index (χ2v) is 4.75. The van der Waals surface area contributed by atoms with E-state index in [0.717, 1.165) is 28.6 Å². The highest BCUT2D eigenvalue weighted by Gasteiger charge is 2.21. The molecular weight excluding hydrogens is 226 g/mol. The minimum Gasteiger partial charge on any atom is -0.480 e. The Hall–Kier alpha value is -1.30.